The summed E-state index contributed by atoms with van der Waals surface area (Å²) in [5.41, 5.74) is 3.79. The van der Waals surface area contributed by atoms with Crippen molar-refractivity contribution >= 4 is 29.2 Å². The van der Waals surface area contributed by atoms with E-state index in [9.17, 15) is 13.2 Å². The van der Waals surface area contributed by atoms with Crippen LogP contribution in [0, 0.1) is 20.8 Å². The predicted molar refractivity (Wildman–Crippen MR) is 137 cm³/mol. The lowest BCUT2D eigenvalue weighted by atomic mass is 10.2. The van der Waals surface area contributed by atoms with Gasteiger partial charge in [0.25, 0.3) is 0 Å². The Balaban J connectivity index is 0.000000532. The molecule has 3 heterocycles. The van der Waals surface area contributed by atoms with Crippen molar-refractivity contribution in [3.63, 3.8) is 0 Å². The average Bonchev–Trinajstić information content (AvgIpc) is 3.17. The van der Waals surface area contributed by atoms with Gasteiger partial charge in [-0.25, -0.2) is 14.8 Å². The fraction of sp³-hybridized carbons (Fsp3) is 0.240. The van der Waals surface area contributed by atoms with Crippen LogP contribution in [0.4, 0.5) is 36.4 Å². The molecule has 11 nitrogen and oxygen atoms in total. The van der Waals surface area contributed by atoms with Crippen molar-refractivity contribution in [3.05, 3.63) is 65.6 Å². The number of alkyl halides is 3. The van der Waals surface area contributed by atoms with Gasteiger partial charge in [-0.3, -0.25) is 0 Å². The Kier molecular flexibility index (Phi) is 8.91. The number of methoxy groups -OCH3 is 2. The molecule has 0 saturated heterocycles. The van der Waals surface area contributed by atoms with Gasteiger partial charge in [-0.1, -0.05) is 6.07 Å². The van der Waals surface area contributed by atoms with Crippen molar-refractivity contribution in [1.82, 2.24) is 24.7 Å². The van der Waals surface area contributed by atoms with E-state index in [4.69, 9.17) is 19.4 Å². The van der Waals surface area contributed by atoms with E-state index in [1.165, 1.54) is 0 Å². The number of nitrogens with zero attached hydrogens (tertiary/aromatic N) is 5. The number of ether oxygens (including phenoxy) is 2. The number of carbonyl (C=O) groups is 1. The molecule has 0 radical (unpaired) electrons. The molecule has 0 aliphatic heterocycles. The van der Waals surface area contributed by atoms with Crippen LogP contribution in [0.3, 0.4) is 0 Å². The van der Waals surface area contributed by atoms with Gasteiger partial charge in [-0.15, -0.1) is 0 Å². The summed E-state index contributed by atoms with van der Waals surface area (Å²) < 4.78 is 44.2. The van der Waals surface area contributed by atoms with E-state index in [0.29, 0.717) is 23.3 Å². The number of anilines is 4. The number of rotatable bonds is 7. The number of aromatic nitrogens is 5. The molecule has 14 heteroatoms. The van der Waals surface area contributed by atoms with Crippen molar-refractivity contribution in [1.29, 1.82) is 0 Å². The van der Waals surface area contributed by atoms with Crippen LogP contribution in [0.2, 0.25) is 0 Å². The molecule has 0 fully saturated rings. The third-order valence-corrected chi connectivity index (χ3v) is 5.26. The summed E-state index contributed by atoms with van der Waals surface area (Å²) in [6.07, 6.45) is -1.58. The van der Waals surface area contributed by atoms with Crippen LogP contribution in [0.1, 0.15) is 16.8 Å². The number of aryl methyl sites for hydroxylation is 2. The monoisotopic (exact) mass is 545 g/mol. The molecule has 206 valence electrons. The Hall–Kier alpha value is -4.88. The van der Waals surface area contributed by atoms with E-state index in [0.717, 1.165) is 34.1 Å². The lowest BCUT2D eigenvalue weighted by Gasteiger charge is -2.12. The Morgan fingerprint density at radius 3 is 2.26 bits per heavy atom. The van der Waals surface area contributed by atoms with Gasteiger partial charge in [-0.05, 0) is 50.6 Å². The molecule has 0 aliphatic carbocycles. The molecule has 0 spiro atoms. The molecule has 0 atom stereocenters. The quantitative estimate of drug-likeness (QED) is 0.287. The number of hydrogen-bond donors (Lipinski definition) is 3. The van der Waals surface area contributed by atoms with Crippen LogP contribution in [-0.2, 0) is 4.79 Å². The number of carboxylic acids is 1. The lowest BCUT2D eigenvalue weighted by Crippen LogP contribution is -2.21. The highest BCUT2D eigenvalue weighted by Gasteiger charge is 2.38. The van der Waals surface area contributed by atoms with Gasteiger partial charge in [0.15, 0.2) is 17.3 Å². The minimum atomic E-state index is -5.08. The predicted octanol–water partition coefficient (Wildman–Crippen LogP) is 5.12. The molecule has 3 aromatic heterocycles. The second-order valence-corrected chi connectivity index (χ2v) is 8.05. The van der Waals surface area contributed by atoms with Crippen molar-refractivity contribution in [3.8, 4) is 17.3 Å². The lowest BCUT2D eigenvalue weighted by molar-refractivity contribution is -0.192. The molecular formula is C25H26F3N7O4. The number of halogens is 3. The number of benzene rings is 1. The van der Waals surface area contributed by atoms with Crippen LogP contribution in [-0.4, -0.2) is 56.2 Å². The average molecular weight is 546 g/mol. The first-order chi connectivity index (χ1) is 18.4. The second-order valence-electron chi connectivity index (χ2n) is 8.05. The topological polar surface area (TPSA) is 136 Å². The SMILES string of the molecule is COc1ccc(Nc2nccc(Nc3c(C)c(C)nn3-c3ccc(C)cn3)n2)cc1OC.O=C(O)C(F)(F)F. The van der Waals surface area contributed by atoms with Gasteiger partial charge in [0.2, 0.25) is 5.95 Å². The Morgan fingerprint density at radius 1 is 0.974 bits per heavy atom. The van der Waals surface area contributed by atoms with E-state index in [1.807, 2.05) is 57.3 Å². The zero-order chi connectivity index (χ0) is 28.7. The maximum absolute atomic E-state index is 10.6. The molecular weight excluding hydrogens is 519 g/mol. The zero-order valence-corrected chi connectivity index (χ0v) is 21.7. The minimum Gasteiger partial charge on any atom is -0.493 e. The molecule has 1 aromatic carbocycles. The number of aliphatic carboxylic acids is 1. The Labute approximate surface area is 221 Å². The smallest absolute Gasteiger partial charge is 0.490 e. The van der Waals surface area contributed by atoms with Gasteiger partial charge in [0, 0.05) is 29.7 Å². The third-order valence-electron chi connectivity index (χ3n) is 5.26. The van der Waals surface area contributed by atoms with E-state index < -0.39 is 12.1 Å². The summed E-state index contributed by atoms with van der Waals surface area (Å²) >= 11 is 0. The zero-order valence-electron chi connectivity index (χ0n) is 21.7. The standard InChI is InChI=1S/C23H25N7O2.C2HF3O2/c1-14-6-9-21(25-13-14)30-22(15(2)16(3)29-30)27-20-10-11-24-23(28-20)26-17-7-8-18(31-4)19(12-17)32-5;3-2(4,5)1(6)7/h6-13H,1-5H3,(H2,24,26,27,28);(H,6,7). The molecule has 4 rings (SSSR count). The normalized spacial score (nSPS) is 10.8. The van der Waals surface area contributed by atoms with Gasteiger partial charge < -0.3 is 25.2 Å². The molecule has 4 aromatic rings. The number of carboxylic acid groups (broad SMARTS) is 1. The van der Waals surface area contributed by atoms with Crippen molar-refractivity contribution in [2.24, 2.45) is 0 Å². The maximum Gasteiger partial charge on any atom is 0.490 e. The molecule has 0 unspecified atom stereocenters. The largest absolute Gasteiger partial charge is 0.493 e. The summed E-state index contributed by atoms with van der Waals surface area (Å²) in [6, 6.07) is 11.3. The summed E-state index contributed by atoms with van der Waals surface area (Å²) in [5.74, 6) is 1.11. The molecule has 0 aliphatic rings. The van der Waals surface area contributed by atoms with Gasteiger partial charge >= 0.3 is 12.1 Å². The van der Waals surface area contributed by atoms with Gasteiger partial charge in [0.1, 0.15) is 11.6 Å². The van der Waals surface area contributed by atoms with Crippen molar-refractivity contribution < 1.29 is 32.5 Å². The number of nitrogens with one attached hydrogen (secondary N) is 2. The van der Waals surface area contributed by atoms with Crippen LogP contribution < -0.4 is 20.1 Å². The molecule has 39 heavy (non-hydrogen) atoms. The molecule has 3 N–H and O–H groups in total. The highest BCUT2D eigenvalue weighted by Crippen LogP contribution is 2.31. The van der Waals surface area contributed by atoms with Crippen molar-refractivity contribution in [2.45, 2.75) is 26.9 Å². The van der Waals surface area contributed by atoms with Crippen molar-refractivity contribution in [2.75, 3.05) is 24.9 Å². The Bertz CT molecular complexity index is 1440. The first-order valence-electron chi connectivity index (χ1n) is 11.3. The van der Waals surface area contributed by atoms with Crippen LogP contribution >= 0.6 is 0 Å². The Morgan fingerprint density at radius 2 is 1.67 bits per heavy atom. The van der Waals surface area contributed by atoms with E-state index >= 15 is 0 Å². The first kappa shape index (κ1) is 28.7. The van der Waals surface area contributed by atoms with Gasteiger partial charge in [0.05, 0.1) is 19.9 Å². The van der Waals surface area contributed by atoms with Crippen LogP contribution in [0.25, 0.3) is 5.82 Å². The highest BCUT2D eigenvalue weighted by atomic mass is 19.4. The summed E-state index contributed by atoms with van der Waals surface area (Å²) in [7, 11) is 3.20. The summed E-state index contributed by atoms with van der Waals surface area (Å²) in [6.45, 7) is 5.98. The van der Waals surface area contributed by atoms with Gasteiger partial charge in [-0.2, -0.15) is 27.9 Å². The molecule has 0 bridgehead atoms. The first-order valence-corrected chi connectivity index (χ1v) is 11.3. The summed E-state index contributed by atoms with van der Waals surface area (Å²) in [5, 5.41) is 18.3. The number of hydrogen-bond acceptors (Lipinski definition) is 9. The van der Waals surface area contributed by atoms with E-state index in [1.54, 1.807) is 31.2 Å². The fourth-order valence-electron chi connectivity index (χ4n) is 3.16. The fourth-order valence-corrected chi connectivity index (χ4v) is 3.16. The van der Waals surface area contributed by atoms with E-state index in [2.05, 4.69) is 30.7 Å². The van der Waals surface area contributed by atoms with E-state index in [-0.39, 0.29) is 0 Å². The third kappa shape index (κ3) is 7.34. The minimum absolute atomic E-state index is 0.441. The van der Waals surface area contributed by atoms with Crippen LogP contribution in [0.5, 0.6) is 11.5 Å². The number of pyridine rings is 1. The summed E-state index contributed by atoms with van der Waals surface area (Å²) in [4.78, 5) is 22.3. The molecule has 0 saturated carbocycles. The maximum atomic E-state index is 10.6. The van der Waals surface area contributed by atoms with Crippen LogP contribution in [0.15, 0.2) is 48.8 Å². The second kappa shape index (κ2) is 12.1. The highest BCUT2D eigenvalue weighted by molar-refractivity contribution is 5.73. The molecule has 0 amide bonds.